The third-order valence-corrected chi connectivity index (χ3v) is 3.99. The topological polar surface area (TPSA) is 15.6 Å². The maximum absolute atomic E-state index is 4.76. The third-order valence-electron chi connectivity index (χ3n) is 2.98. The van der Waals surface area contributed by atoms with Crippen molar-refractivity contribution in [3.05, 3.63) is 35.4 Å². The van der Waals surface area contributed by atoms with E-state index in [4.69, 9.17) is 4.99 Å². The van der Waals surface area contributed by atoms with Crippen LogP contribution >= 0.6 is 24.2 Å². The first kappa shape index (κ1) is 11.8. The van der Waals surface area contributed by atoms with E-state index in [-0.39, 0.29) is 12.4 Å². The quantitative estimate of drug-likeness (QED) is 0.766. The number of hydrogen-bond donors (Lipinski definition) is 0. The molecule has 0 aliphatic carbocycles. The number of hydrogen-bond acceptors (Lipinski definition) is 3. The Labute approximate surface area is 107 Å². The highest BCUT2D eigenvalue weighted by Crippen LogP contribution is 2.32. The minimum absolute atomic E-state index is 0. The van der Waals surface area contributed by atoms with Crippen molar-refractivity contribution in [2.75, 3.05) is 18.8 Å². The van der Waals surface area contributed by atoms with E-state index in [0.29, 0.717) is 6.04 Å². The molecule has 1 unspecified atom stereocenters. The summed E-state index contributed by atoms with van der Waals surface area (Å²) in [7, 11) is 0. The Morgan fingerprint density at radius 2 is 2.06 bits per heavy atom. The second-order valence-electron chi connectivity index (χ2n) is 4.13. The zero-order chi connectivity index (χ0) is 10.3. The van der Waals surface area contributed by atoms with Gasteiger partial charge in [0.25, 0.3) is 0 Å². The van der Waals surface area contributed by atoms with E-state index < -0.39 is 0 Å². The van der Waals surface area contributed by atoms with Gasteiger partial charge in [0.05, 0.1) is 6.04 Å². The van der Waals surface area contributed by atoms with Crippen molar-refractivity contribution in [1.29, 1.82) is 0 Å². The maximum Gasteiger partial charge on any atom is 0.160 e. The van der Waals surface area contributed by atoms with Crippen molar-refractivity contribution in [2.45, 2.75) is 13.0 Å². The van der Waals surface area contributed by atoms with Gasteiger partial charge in [-0.3, -0.25) is 4.99 Å². The average molecular weight is 255 g/mol. The number of rotatable bonds is 1. The van der Waals surface area contributed by atoms with Gasteiger partial charge >= 0.3 is 0 Å². The molecule has 0 amide bonds. The van der Waals surface area contributed by atoms with Gasteiger partial charge in [-0.2, -0.15) is 0 Å². The largest absolute Gasteiger partial charge is 0.348 e. The number of nitrogens with zero attached hydrogens (tertiary/aromatic N) is 2. The summed E-state index contributed by atoms with van der Waals surface area (Å²) in [6.07, 6.45) is 0. The third kappa shape index (κ3) is 2.06. The van der Waals surface area contributed by atoms with Gasteiger partial charge in [-0.1, -0.05) is 41.6 Å². The zero-order valence-corrected chi connectivity index (χ0v) is 10.9. The van der Waals surface area contributed by atoms with E-state index >= 15 is 0 Å². The molecule has 86 valence electrons. The van der Waals surface area contributed by atoms with Crippen LogP contribution in [-0.4, -0.2) is 28.9 Å². The lowest BCUT2D eigenvalue weighted by Crippen LogP contribution is -2.21. The Kier molecular flexibility index (Phi) is 3.45. The van der Waals surface area contributed by atoms with Crippen molar-refractivity contribution >= 4 is 29.3 Å². The van der Waals surface area contributed by atoms with Gasteiger partial charge in [0.1, 0.15) is 0 Å². The van der Waals surface area contributed by atoms with Gasteiger partial charge < -0.3 is 4.90 Å². The fraction of sp³-hybridized carbons (Fsp3) is 0.417. The van der Waals surface area contributed by atoms with Crippen molar-refractivity contribution < 1.29 is 0 Å². The van der Waals surface area contributed by atoms with E-state index in [0.717, 1.165) is 6.54 Å². The molecular weight excluding hydrogens is 240 g/mol. The van der Waals surface area contributed by atoms with Crippen molar-refractivity contribution in [2.24, 2.45) is 4.99 Å². The second kappa shape index (κ2) is 4.68. The van der Waals surface area contributed by atoms with Crippen LogP contribution in [0.3, 0.4) is 0 Å². The maximum atomic E-state index is 4.76. The molecule has 0 N–H and O–H groups in total. The van der Waals surface area contributed by atoms with Crippen molar-refractivity contribution in [3.8, 4) is 0 Å². The standard InChI is InChI=1S/C12H14N2S.ClH/c1-9-2-4-10(5-3-9)11-8-14-6-7-15-12(14)13-11;/h2-5,11H,6-8H2,1H3;1H. The molecule has 4 heteroatoms. The first-order chi connectivity index (χ1) is 7.33. The minimum atomic E-state index is 0. The number of aliphatic imine (C=N–C) groups is 1. The van der Waals surface area contributed by atoms with Crippen LogP contribution in [-0.2, 0) is 0 Å². The number of halogens is 1. The average Bonchev–Trinajstić information content (AvgIpc) is 2.78. The Bertz CT molecular complexity index is 402. The van der Waals surface area contributed by atoms with Gasteiger partial charge in [0, 0.05) is 18.8 Å². The van der Waals surface area contributed by atoms with Crippen LogP contribution in [0.1, 0.15) is 17.2 Å². The van der Waals surface area contributed by atoms with Gasteiger partial charge in [0.2, 0.25) is 0 Å². The van der Waals surface area contributed by atoms with Crippen molar-refractivity contribution in [1.82, 2.24) is 4.90 Å². The molecule has 1 aromatic carbocycles. The fourth-order valence-electron chi connectivity index (χ4n) is 2.07. The fourth-order valence-corrected chi connectivity index (χ4v) is 3.12. The van der Waals surface area contributed by atoms with Crippen LogP contribution in [0, 0.1) is 6.92 Å². The van der Waals surface area contributed by atoms with Crippen LogP contribution in [0.2, 0.25) is 0 Å². The van der Waals surface area contributed by atoms with E-state index in [9.17, 15) is 0 Å². The molecule has 2 aliphatic heterocycles. The van der Waals surface area contributed by atoms with Crippen molar-refractivity contribution in [3.63, 3.8) is 0 Å². The van der Waals surface area contributed by atoms with Gasteiger partial charge in [-0.15, -0.1) is 12.4 Å². The van der Waals surface area contributed by atoms with Crippen LogP contribution in [0.25, 0.3) is 0 Å². The second-order valence-corrected chi connectivity index (χ2v) is 5.19. The van der Waals surface area contributed by atoms with Gasteiger partial charge in [-0.25, -0.2) is 0 Å². The summed E-state index contributed by atoms with van der Waals surface area (Å²) >= 11 is 1.89. The van der Waals surface area contributed by atoms with Gasteiger partial charge in [-0.05, 0) is 12.5 Å². The molecule has 0 spiro atoms. The minimum Gasteiger partial charge on any atom is -0.348 e. The molecule has 2 aliphatic rings. The number of amidine groups is 1. The van der Waals surface area contributed by atoms with E-state index in [2.05, 4.69) is 36.1 Å². The molecule has 16 heavy (non-hydrogen) atoms. The molecule has 1 saturated heterocycles. The molecule has 3 rings (SSSR count). The van der Waals surface area contributed by atoms with E-state index in [1.807, 2.05) is 11.8 Å². The number of aryl methyl sites for hydroxylation is 1. The summed E-state index contributed by atoms with van der Waals surface area (Å²) in [6.45, 7) is 4.37. The predicted molar refractivity (Wildman–Crippen MR) is 72.6 cm³/mol. The van der Waals surface area contributed by atoms with E-state index in [1.165, 1.54) is 28.6 Å². The molecular formula is C12H15ClN2S. The normalized spacial score (nSPS) is 22.7. The number of thioether (sulfide) groups is 1. The lowest BCUT2D eigenvalue weighted by atomic mass is 10.1. The highest BCUT2D eigenvalue weighted by atomic mass is 35.5. The predicted octanol–water partition coefficient (Wildman–Crippen LogP) is 2.88. The van der Waals surface area contributed by atoms with Gasteiger partial charge in [0.15, 0.2) is 5.17 Å². The monoisotopic (exact) mass is 254 g/mol. The molecule has 2 nitrogen and oxygen atoms in total. The van der Waals surface area contributed by atoms with E-state index in [1.54, 1.807) is 0 Å². The highest BCUT2D eigenvalue weighted by Gasteiger charge is 2.29. The molecule has 0 bridgehead atoms. The molecule has 1 atom stereocenters. The lowest BCUT2D eigenvalue weighted by Gasteiger charge is -2.12. The smallest absolute Gasteiger partial charge is 0.160 e. The first-order valence-corrected chi connectivity index (χ1v) is 6.33. The molecule has 1 aromatic rings. The zero-order valence-electron chi connectivity index (χ0n) is 9.22. The molecule has 0 aromatic heterocycles. The molecule has 1 fully saturated rings. The lowest BCUT2D eigenvalue weighted by molar-refractivity contribution is 0.464. The highest BCUT2D eigenvalue weighted by molar-refractivity contribution is 8.14. The summed E-state index contributed by atoms with van der Waals surface area (Å²) in [6, 6.07) is 9.12. The van der Waals surface area contributed by atoms with Crippen LogP contribution < -0.4 is 0 Å². The Hall–Kier alpha value is -0.670. The Balaban J connectivity index is 0.000000963. The molecule has 0 radical (unpaired) electrons. The summed E-state index contributed by atoms with van der Waals surface area (Å²) in [5, 5.41) is 1.25. The first-order valence-electron chi connectivity index (χ1n) is 5.35. The number of fused-ring (bicyclic) bond motifs is 1. The summed E-state index contributed by atoms with van der Waals surface area (Å²) < 4.78 is 0. The summed E-state index contributed by atoms with van der Waals surface area (Å²) in [5.41, 5.74) is 2.67. The Morgan fingerprint density at radius 1 is 1.31 bits per heavy atom. The Morgan fingerprint density at radius 3 is 2.75 bits per heavy atom. The summed E-state index contributed by atoms with van der Waals surface area (Å²) in [4.78, 5) is 7.15. The van der Waals surface area contributed by atoms with Crippen LogP contribution in [0.15, 0.2) is 29.3 Å². The summed E-state index contributed by atoms with van der Waals surface area (Å²) in [5.74, 6) is 1.21. The SMILES string of the molecule is Cc1ccc(C2CN3CCSC3=N2)cc1.Cl. The number of benzene rings is 1. The molecule has 0 saturated carbocycles. The van der Waals surface area contributed by atoms with Crippen LogP contribution in [0.4, 0.5) is 0 Å². The van der Waals surface area contributed by atoms with Crippen LogP contribution in [0.5, 0.6) is 0 Å². The molecule has 2 heterocycles.